The average Bonchev–Trinajstić information content (AvgIpc) is 3.31. The lowest BCUT2D eigenvalue weighted by molar-refractivity contribution is 0.0508. The maximum Gasteiger partial charge on any atom is 0.408 e. The molecule has 1 atom stereocenters. The van der Waals surface area contributed by atoms with Crippen molar-refractivity contribution in [3.05, 3.63) is 60.3 Å². The van der Waals surface area contributed by atoms with Gasteiger partial charge in [0.15, 0.2) is 0 Å². The van der Waals surface area contributed by atoms with Crippen molar-refractivity contribution in [3.8, 4) is 22.4 Å². The van der Waals surface area contributed by atoms with Gasteiger partial charge in [0.05, 0.1) is 23.4 Å². The number of rotatable bonds is 4. The molecule has 1 amide bonds. The van der Waals surface area contributed by atoms with Crippen LogP contribution in [0.5, 0.6) is 0 Å². The number of aryl methyl sites for hydroxylation is 2. The molecule has 0 bridgehead atoms. The van der Waals surface area contributed by atoms with Gasteiger partial charge >= 0.3 is 6.09 Å². The van der Waals surface area contributed by atoms with E-state index >= 15 is 0 Å². The van der Waals surface area contributed by atoms with Gasteiger partial charge in [-0.2, -0.15) is 10.2 Å². The summed E-state index contributed by atoms with van der Waals surface area (Å²) < 4.78 is 8.99. The second-order valence-electron chi connectivity index (χ2n) is 9.01. The van der Waals surface area contributed by atoms with Crippen molar-refractivity contribution in [1.82, 2.24) is 29.7 Å². The lowest BCUT2D eigenvalue weighted by Gasteiger charge is -2.23. The number of benzene rings is 1. The predicted molar refractivity (Wildman–Crippen MR) is 123 cm³/mol. The van der Waals surface area contributed by atoms with Gasteiger partial charge in [-0.15, -0.1) is 0 Å². The Hall–Kier alpha value is -3.68. The van der Waals surface area contributed by atoms with Gasteiger partial charge in [-0.25, -0.2) is 14.3 Å². The van der Waals surface area contributed by atoms with E-state index in [0.717, 1.165) is 39.0 Å². The van der Waals surface area contributed by atoms with Crippen LogP contribution >= 0.6 is 0 Å². The third kappa shape index (κ3) is 4.49. The van der Waals surface area contributed by atoms with Crippen LogP contribution in [0.4, 0.5) is 4.79 Å². The van der Waals surface area contributed by atoms with Crippen LogP contribution in [0, 0.1) is 6.92 Å². The van der Waals surface area contributed by atoms with Crippen LogP contribution in [-0.2, 0) is 11.8 Å². The SMILES string of the molecule is Cc1cc(-c2ncnn3cc(-c4cnn(C)c4)cc23)ccc1C(C)NC(=O)OC(C)(C)C. The lowest BCUT2D eigenvalue weighted by Crippen LogP contribution is -2.34. The van der Waals surface area contributed by atoms with Gasteiger partial charge in [0.2, 0.25) is 0 Å². The summed E-state index contributed by atoms with van der Waals surface area (Å²) in [6, 6.07) is 8.02. The zero-order valence-corrected chi connectivity index (χ0v) is 19.2. The number of carbonyl (C=O) groups excluding carboxylic acids is 1. The molecule has 166 valence electrons. The maximum atomic E-state index is 12.2. The van der Waals surface area contributed by atoms with Crippen LogP contribution < -0.4 is 5.32 Å². The second kappa shape index (κ2) is 8.11. The van der Waals surface area contributed by atoms with Crippen molar-refractivity contribution >= 4 is 11.6 Å². The van der Waals surface area contributed by atoms with Crippen molar-refractivity contribution in [1.29, 1.82) is 0 Å². The molecule has 3 heterocycles. The van der Waals surface area contributed by atoms with Crippen LogP contribution in [0.15, 0.2) is 49.2 Å². The zero-order valence-electron chi connectivity index (χ0n) is 19.2. The van der Waals surface area contributed by atoms with Crippen molar-refractivity contribution in [3.63, 3.8) is 0 Å². The summed E-state index contributed by atoms with van der Waals surface area (Å²) in [7, 11) is 1.90. The Morgan fingerprint density at radius 2 is 1.88 bits per heavy atom. The largest absolute Gasteiger partial charge is 0.444 e. The highest BCUT2D eigenvalue weighted by Gasteiger charge is 2.19. The Bertz CT molecular complexity index is 1280. The number of nitrogens with one attached hydrogen (secondary N) is 1. The van der Waals surface area contributed by atoms with Gasteiger partial charge in [0.1, 0.15) is 11.9 Å². The smallest absolute Gasteiger partial charge is 0.408 e. The van der Waals surface area contributed by atoms with Gasteiger partial charge in [-0.1, -0.05) is 12.1 Å². The summed E-state index contributed by atoms with van der Waals surface area (Å²) in [5, 5.41) is 11.5. The Labute approximate surface area is 187 Å². The third-order valence-corrected chi connectivity index (χ3v) is 5.19. The molecular weight excluding hydrogens is 404 g/mol. The van der Waals surface area contributed by atoms with E-state index in [4.69, 9.17) is 4.74 Å². The van der Waals surface area contributed by atoms with Gasteiger partial charge < -0.3 is 10.1 Å². The Morgan fingerprint density at radius 1 is 1.09 bits per heavy atom. The molecule has 0 saturated heterocycles. The van der Waals surface area contributed by atoms with E-state index in [9.17, 15) is 4.79 Å². The number of ether oxygens (including phenoxy) is 1. The summed E-state index contributed by atoms with van der Waals surface area (Å²) in [5.41, 5.74) is 6.35. The number of hydrogen-bond acceptors (Lipinski definition) is 5. The van der Waals surface area contributed by atoms with Gasteiger partial charge in [-0.3, -0.25) is 4.68 Å². The molecule has 0 spiro atoms. The molecule has 0 aliphatic heterocycles. The topological polar surface area (TPSA) is 86.3 Å². The minimum absolute atomic E-state index is 0.185. The molecule has 1 aromatic carbocycles. The predicted octanol–water partition coefficient (Wildman–Crippen LogP) is 4.69. The highest BCUT2D eigenvalue weighted by Crippen LogP contribution is 2.30. The molecule has 1 unspecified atom stereocenters. The molecule has 0 aliphatic rings. The molecule has 8 nitrogen and oxygen atoms in total. The summed E-state index contributed by atoms with van der Waals surface area (Å²) in [6.45, 7) is 9.52. The molecular formula is C24H28N6O2. The monoisotopic (exact) mass is 432 g/mol. The van der Waals surface area contributed by atoms with E-state index in [2.05, 4.69) is 32.6 Å². The number of nitrogens with zero attached hydrogens (tertiary/aromatic N) is 5. The van der Waals surface area contributed by atoms with E-state index in [-0.39, 0.29) is 6.04 Å². The summed E-state index contributed by atoms with van der Waals surface area (Å²) in [5.74, 6) is 0. The molecule has 0 radical (unpaired) electrons. The quantitative estimate of drug-likeness (QED) is 0.506. The first kappa shape index (κ1) is 21.5. The molecule has 4 rings (SSSR count). The highest BCUT2D eigenvalue weighted by atomic mass is 16.6. The molecule has 3 aromatic heterocycles. The number of amides is 1. The number of aromatic nitrogens is 5. The number of carbonyl (C=O) groups is 1. The fourth-order valence-corrected chi connectivity index (χ4v) is 3.75. The van der Waals surface area contributed by atoms with Crippen molar-refractivity contribution in [2.45, 2.75) is 46.3 Å². The average molecular weight is 433 g/mol. The van der Waals surface area contributed by atoms with E-state index in [1.54, 1.807) is 11.0 Å². The first-order valence-corrected chi connectivity index (χ1v) is 10.5. The lowest BCUT2D eigenvalue weighted by atomic mass is 9.98. The van der Waals surface area contributed by atoms with Gasteiger partial charge in [-0.05, 0) is 57.9 Å². The Morgan fingerprint density at radius 3 is 2.53 bits per heavy atom. The molecule has 0 aliphatic carbocycles. The first-order chi connectivity index (χ1) is 15.1. The number of alkyl carbamates (subject to hydrolysis) is 1. The number of fused-ring (bicyclic) bond motifs is 1. The molecule has 0 fully saturated rings. The minimum atomic E-state index is -0.535. The van der Waals surface area contributed by atoms with E-state index < -0.39 is 11.7 Å². The van der Waals surface area contributed by atoms with Crippen LogP contribution in [0.2, 0.25) is 0 Å². The molecule has 1 N–H and O–H groups in total. The van der Waals surface area contributed by atoms with Crippen LogP contribution in [0.3, 0.4) is 0 Å². The second-order valence-corrected chi connectivity index (χ2v) is 9.01. The Kier molecular flexibility index (Phi) is 5.46. The fourth-order valence-electron chi connectivity index (χ4n) is 3.75. The highest BCUT2D eigenvalue weighted by molar-refractivity contribution is 5.81. The van der Waals surface area contributed by atoms with Crippen molar-refractivity contribution in [2.75, 3.05) is 0 Å². The minimum Gasteiger partial charge on any atom is -0.444 e. The molecule has 4 aromatic rings. The zero-order chi connectivity index (χ0) is 23.0. The van der Waals surface area contributed by atoms with E-state index in [1.165, 1.54) is 0 Å². The normalized spacial score (nSPS) is 12.7. The first-order valence-electron chi connectivity index (χ1n) is 10.5. The van der Waals surface area contributed by atoms with Gasteiger partial charge in [0.25, 0.3) is 0 Å². The van der Waals surface area contributed by atoms with Crippen LogP contribution in [0.25, 0.3) is 27.9 Å². The fraction of sp³-hybridized carbons (Fsp3) is 0.333. The molecule has 32 heavy (non-hydrogen) atoms. The van der Waals surface area contributed by atoms with Crippen molar-refractivity contribution in [2.24, 2.45) is 7.05 Å². The molecule has 8 heteroatoms. The maximum absolute atomic E-state index is 12.2. The van der Waals surface area contributed by atoms with Gasteiger partial charge in [0, 0.05) is 36.1 Å². The van der Waals surface area contributed by atoms with Crippen molar-refractivity contribution < 1.29 is 9.53 Å². The van der Waals surface area contributed by atoms with Crippen LogP contribution in [-0.4, -0.2) is 36.1 Å². The van der Waals surface area contributed by atoms with E-state index in [1.807, 2.05) is 76.9 Å². The number of hydrogen-bond donors (Lipinski definition) is 1. The Balaban J connectivity index is 1.63. The molecule has 0 saturated carbocycles. The van der Waals surface area contributed by atoms with E-state index in [0.29, 0.717) is 0 Å². The summed E-state index contributed by atoms with van der Waals surface area (Å²) in [6.07, 6.45) is 6.92. The standard InChI is InChI=1S/C24H28N6O2/c1-15-9-17(7-8-20(15)16(2)28-23(31)32-24(3,4)5)22-21-10-18(13-30(21)27-14-25-22)19-11-26-29(6)12-19/h7-14,16H,1-6H3,(H,28,31). The van der Waals surface area contributed by atoms with Crippen LogP contribution in [0.1, 0.15) is 44.9 Å². The summed E-state index contributed by atoms with van der Waals surface area (Å²) >= 11 is 0. The summed E-state index contributed by atoms with van der Waals surface area (Å²) in [4.78, 5) is 16.7. The third-order valence-electron chi connectivity index (χ3n) is 5.19.